The van der Waals surface area contributed by atoms with Crippen molar-refractivity contribution in [3.63, 3.8) is 0 Å². The van der Waals surface area contributed by atoms with E-state index in [0.717, 1.165) is 0 Å². The first-order valence-corrected chi connectivity index (χ1v) is 11.5. The number of allylic oxidation sites excluding steroid dienone is 4. The fourth-order valence-electron chi connectivity index (χ4n) is 3.79. The minimum atomic E-state index is -0.296. The van der Waals surface area contributed by atoms with Crippen LogP contribution in [0.25, 0.3) is 0 Å². The molecular weight excluding hydrogens is 435 g/mol. The van der Waals surface area contributed by atoms with Gasteiger partial charge in [0.2, 0.25) is 0 Å². The molecule has 0 nitrogen and oxygen atoms in total. The van der Waals surface area contributed by atoms with Gasteiger partial charge in [0.1, 0.15) is 0 Å². The molecule has 0 fully saturated rings. The zero-order chi connectivity index (χ0) is 16.8. The van der Waals surface area contributed by atoms with Crippen LogP contribution in [0.15, 0.2) is 38.4 Å². The van der Waals surface area contributed by atoms with E-state index in [-0.39, 0.29) is 46.7 Å². The van der Waals surface area contributed by atoms with E-state index in [9.17, 15) is 0 Å². The molecule has 0 spiro atoms. The third-order valence-electron chi connectivity index (χ3n) is 4.79. The van der Waals surface area contributed by atoms with Crippen molar-refractivity contribution in [2.45, 2.75) is 72.6 Å². The van der Waals surface area contributed by atoms with E-state index in [1.165, 1.54) is 56.1 Å². The first-order valence-electron chi connectivity index (χ1n) is 9.27. The van der Waals surface area contributed by atoms with Crippen LogP contribution in [-0.2, 0) is 20.4 Å². The van der Waals surface area contributed by atoms with E-state index in [0.29, 0.717) is 0 Å². The minimum absolute atomic E-state index is 0. The molecule has 0 aliphatic heterocycles. The van der Waals surface area contributed by atoms with Crippen LogP contribution < -0.4 is 42.4 Å². The van der Waals surface area contributed by atoms with Crippen LogP contribution in [-0.4, -0.2) is 9.52 Å². The van der Waals surface area contributed by atoms with Crippen molar-refractivity contribution in [2.75, 3.05) is 0 Å². The van der Waals surface area contributed by atoms with E-state index < -0.39 is 0 Å². The van der Waals surface area contributed by atoms with Gasteiger partial charge in [-0.05, 0) is 0 Å². The predicted octanol–water partition coefficient (Wildman–Crippen LogP) is -4.05. The third-order valence-corrected chi connectivity index (χ3v) is 8.21. The minimum Gasteiger partial charge on any atom is -1.00 e. The summed E-state index contributed by atoms with van der Waals surface area (Å²) in [6.07, 6.45) is 9.29. The second-order valence-corrected chi connectivity index (χ2v) is 9.92. The van der Waals surface area contributed by atoms with E-state index in [2.05, 4.69) is 66.3 Å². The standard InChI is InChI=1S/C21H31Si.3ClH.Ti/c1-5-7-8-10-19-15-21(14-18(19)9-6-2)22-20-12-16(3)11-17(4)13-20;;;;/h11-13H,5-10,15,22H2,1-4H3;3*1H;/q;;;;+3/p-3. The number of unbranched alkanes of at least 4 members (excludes halogenated alkanes) is 2. The van der Waals surface area contributed by atoms with E-state index in [1.54, 1.807) is 20.2 Å². The van der Waals surface area contributed by atoms with E-state index in [4.69, 9.17) is 0 Å². The molecular formula is C21H31Cl3SiTi. The maximum Gasteiger partial charge on any atom is -1.00 e. The Morgan fingerprint density at radius 2 is 1.50 bits per heavy atom. The van der Waals surface area contributed by atoms with Crippen LogP contribution in [0.1, 0.15) is 69.9 Å². The Kier molecular flexibility index (Phi) is 16.0. The molecule has 0 unspecified atom stereocenters. The molecule has 0 heterocycles. The summed E-state index contributed by atoms with van der Waals surface area (Å²) < 4.78 is 1.67. The first-order chi connectivity index (χ1) is 11.0. The van der Waals surface area contributed by atoms with Gasteiger partial charge in [0.25, 0.3) is 0 Å². The summed E-state index contributed by atoms with van der Waals surface area (Å²) in [5, 5.41) is 3.44. The number of halogens is 3. The first kappa shape index (κ1) is 28.7. The Bertz CT molecular complexity index is 603. The summed E-state index contributed by atoms with van der Waals surface area (Å²) in [5.41, 5.74) is 6.36. The van der Waals surface area contributed by atoms with Gasteiger partial charge in [-0.3, -0.25) is 0 Å². The van der Waals surface area contributed by atoms with E-state index in [1.807, 2.05) is 5.20 Å². The van der Waals surface area contributed by atoms with Gasteiger partial charge in [-0.15, -0.1) is 0 Å². The van der Waals surface area contributed by atoms with Gasteiger partial charge in [-0.2, -0.15) is 0 Å². The quantitative estimate of drug-likeness (QED) is 0.271. The van der Waals surface area contributed by atoms with E-state index >= 15 is 0 Å². The van der Waals surface area contributed by atoms with Crippen molar-refractivity contribution in [3.8, 4) is 0 Å². The molecule has 1 aromatic rings. The number of hydrogen-bond acceptors (Lipinski definition) is 0. The molecule has 0 aromatic heterocycles. The molecule has 0 atom stereocenters. The Labute approximate surface area is 193 Å². The molecule has 26 heavy (non-hydrogen) atoms. The van der Waals surface area contributed by atoms with Crippen molar-refractivity contribution in [3.05, 3.63) is 49.5 Å². The largest absolute Gasteiger partial charge is 1.00 e. The molecule has 1 aliphatic rings. The fraction of sp³-hybridized carbons (Fsp3) is 0.524. The Morgan fingerprint density at radius 1 is 0.885 bits per heavy atom. The number of rotatable bonds is 8. The zero-order valence-electron chi connectivity index (χ0n) is 16.5. The van der Waals surface area contributed by atoms with Gasteiger partial charge in [-0.1, -0.05) is 0 Å². The average Bonchev–Trinajstić information content (AvgIpc) is 2.76. The van der Waals surface area contributed by atoms with Crippen molar-refractivity contribution >= 4 is 14.7 Å². The monoisotopic (exact) mass is 464 g/mol. The smallest absolute Gasteiger partial charge is 1.00 e. The molecule has 1 aromatic carbocycles. The van der Waals surface area contributed by atoms with Gasteiger partial charge >= 0.3 is 157 Å². The summed E-state index contributed by atoms with van der Waals surface area (Å²) in [5.74, 6) is 0. The van der Waals surface area contributed by atoms with Gasteiger partial charge < -0.3 is 37.2 Å². The zero-order valence-corrected chi connectivity index (χ0v) is 21.8. The van der Waals surface area contributed by atoms with Crippen molar-refractivity contribution in [1.29, 1.82) is 0 Å². The molecule has 5 heteroatoms. The molecule has 0 saturated carbocycles. The van der Waals surface area contributed by atoms with Crippen LogP contribution >= 0.6 is 0 Å². The summed E-state index contributed by atoms with van der Waals surface area (Å²) in [4.78, 5) is 0. The molecule has 2 rings (SSSR count). The Morgan fingerprint density at radius 3 is 2.04 bits per heavy atom. The predicted molar refractivity (Wildman–Crippen MR) is 102 cm³/mol. The molecule has 144 valence electrons. The Balaban J connectivity index is 0. The molecule has 0 N–H and O–H groups in total. The normalized spacial score (nSPS) is 13.8. The number of benzene rings is 1. The molecule has 1 aliphatic carbocycles. The molecule has 0 saturated heterocycles. The van der Waals surface area contributed by atoms with Crippen molar-refractivity contribution < 1.29 is 57.7 Å². The summed E-state index contributed by atoms with van der Waals surface area (Å²) in [6.45, 7) is 9.09. The van der Waals surface area contributed by atoms with Gasteiger partial charge in [-0.25, -0.2) is 0 Å². The molecule has 0 amide bonds. The molecule has 0 radical (unpaired) electrons. The average molecular weight is 466 g/mol. The molecule has 0 bridgehead atoms. The van der Waals surface area contributed by atoms with Crippen molar-refractivity contribution in [1.82, 2.24) is 0 Å². The Hall–Kier alpha value is 0.501. The second-order valence-electron chi connectivity index (χ2n) is 7.12. The fourth-order valence-corrected chi connectivity index (χ4v) is 6.97. The summed E-state index contributed by atoms with van der Waals surface area (Å²) in [6, 6.07) is 7.15. The van der Waals surface area contributed by atoms with Gasteiger partial charge in [0.15, 0.2) is 0 Å². The maximum absolute atomic E-state index is 2.42. The summed E-state index contributed by atoms with van der Waals surface area (Å²) in [7, 11) is -0.296. The van der Waals surface area contributed by atoms with Gasteiger partial charge in [0, 0.05) is 0 Å². The van der Waals surface area contributed by atoms with Crippen LogP contribution in [0.5, 0.6) is 0 Å². The van der Waals surface area contributed by atoms with Crippen LogP contribution in [0.3, 0.4) is 0 Å². The number of aryl methyl sites for hydroxylation is 2. The topological polar surface area (TPSA) is 0 Å². The van der Waals surface area contributed by atoms with Crippen LogP contribution in [0.4, 0.5) is 0 Å². The third kappa shape index (κ3) is 8.25. The SMILES string of the molecule is CCCCCC1=C(CCC)[C]([Ti+3])=C([SiH2]c2cc(C)cc(C)c2)C1.[Cl-].[Cl-].[Cl-]. The van der Waals surface area contributed by atoms with Crippen LogP contribution in [0.2, 0.25) is 0 Å². The van der Waals surface area contributed by atoms with Crippen molar-refractivity contribution in [2.24, 2.45) is 0 Å². The van der Waals surface area contributed by atoms with Gasteiger partial charge in [0.05, 0.1) is 0 Å². The van der Waals surface area contributed by atoms with Crippen LogP contribution in [0, 0.1) is 13.8 Å². The number of hydrogen-bond donors (Lipinski definition) is 0. The summed E-state index contributed by atoms with van der Waals surface area (Å²) >= 11 is 2.41. The second kappa shape index (κ2) is 14.5. The maximum atomic E-state index is 2.42.